The van der Waals surface area contributed by atoms with Gasteiger partial charge in [-0.25, -0.2) is 0 Å². The highest BCUT2D eigenvalue weighted by molar-refractivity contribution is 5.74. The van der Waals surface area contributed by atoms with Gasteiger partial charge in [0.05, 0.1) is 26.4 Å². The maximum Gasteiger partial charge on any atom is 0.217 e. The van der Waals surface area contributed by atoms with E-state index in [1.54, 1.807) is 0 Å². The Bertz CT molecular complexity index is 1250. The normalized spacial score (nSPS) is 45.7. The van der Waals surface area contributed by atoms with Gasteiger partial charge < -0.3 is 105 Å². The maximum absolute atomic E-state index is 12.3. The Morgan fingerprint density at radius 1 is 0.444 bits per heavy atom. The van der Waals surface area contributed by atoms with Crippen LogP contribution in [0.2, 0.25) is 0 Å². The first-order chi connectivity index (χ1) is 25.5. The van der Waals surface area contributed by atoms with Crippen LogP contribution in [0.4, 0.5) is 0 Å². The molecule has 54 heavy (non-hydrogen) atoms. The number of amides is 3. The zero-order valence-electron chi connectivity index (χ0n) is 29.4. The molecule has 24 heteroatoms. The predicted molar refractivity (Wildman–Crippen MR) is 169 cm³/mol. The van der Waals surface area contributed by atoms with Crippen LogP contribution in [0.3, 0.4) is 0 Å². The molecule has 0 unspecified atom stereocenters. The van der Waals surface area contributed by atoms with Crippen molar-refractivity contribution in [2.45, 2.75) is 143 Å². The van der Waals surface area contributed by atoms with Gasteiger partial charge in [0.2, 0.25) is 17.7 Å². The van der Waals surface area contributed by atoms with Gasteiger partial charge in [0.1, 0.15) is 97.5 Å². The van der Waals surface area contributed by atoms with Crippen LogP contribution in [0.25, 0.3) is 0 Å². The molecule has 4 rings (SSSR count). The lowest BCUT2D eigenvalue weighted by Crippen LogP contribution is -2.70. The lowest BCUT2D eigenvalue weighted by Gasteiger charge is -2.50. The third kappa shape index (κ3) is 9.79. The molecule has 4 aliphatic rings. The predicted octanol–water partition coefficient (Wildman–Crippen LogP) is -9.32. The molecule has 0 aromatic carbocycles. The summed E-state index contributed by atoms with van der Waals surface area (Å²) in [7, 11) is 0. The number of ether oxygens (including phenoxy) is 7. The van der Waals surface area contributed by atoms with Crippen LogP contribution in [-0.4, -0.2) is 223 Å². The number of carbonyl (C=O) groups excluding carboxylic acids is 3. The summed E-state index contributed by atoms with van der Waals surface area (Å²) in [6, 6.07) is -4.52. The highest BCUT2D eigenvalue weighted by Crippen LogP contribution is 2.34. The fourth-order valence-corrected chi connectivity index (χ4v) is 6.76. The summed E-state index contributed by atoms with van der Waals surface area (Å²) < 4.78 is 39.7. The topological polar surface area (TPSA) is 374 Å². The maximum atomic E-state index is 12.3. The van der Waals surface area contributed by atoms with E-state index in [-0.39, 0.29) is 0 Å². The molecule has 4 heterocycles. The Labute approximate surface area is 307 Å². The number of hydrogen-bond acceptors (Lipinski definition) is 21. The van der Waals surface area contributed by atoms with Gasteiger partial charge in [-0.15, -0.1) is 0 Å². The molecule has 14 N–H and O–H groups in total. The second kappa shape index (κ2) is 19.2. The van der Waals surface area contributed by atoms with Gasteiger partial charge in [0.15, 0.2) is 25.2 Å². The molecule has 24 nitrogen and oxygen atoms in total. The Hall–Kier alpha value is -2.31. The van der Waals surface area contributed by atoms with Crippen molar-refractivity contribution in [3.8, 4) is 0 Å². The van der Waals surface area contributed by atoms with Gasteiger partial charge in [-0.2, -0.15) is 0 Å². The smallest absolute Gasteiger partial charge is 0.217 e. The lowest BCUT2D eigenvalue weighted by molar-refractivity contribution is -0.373. The van der Waals surface area contributed by atoms with Gasteiger partial charge in [-0.05, 0) is 0 Å². The molecule has 0 radical (unpaired) electrons. The molecule has 20 atom stereocenters. The van der Waals surface area contributed by atoms with Crippen LogP contribution in [0.15, 0.2) is 0 Å². The van der Waals surface area contributed by atoms with Crippen molar-refractivity contribution in [2.75, 3.05) is 26.4 Å². The van der Waals surface area contributed by atoms with Crippen molar-refractivity contribution in [3.63, 3.8) is 0 Å². The first-order valence-corrected chi connectivity index (χ1v) is 17.1. The molecule has 0 aliphatic carbocycles. The van der Waals surface area contributed by atoms with Crippen molar-refractivity contribution in [2.24, 2.45) is 0 Å². The zero-order valence-corrected chi connectivity index (χ0v) is 29.4. The van der Waals surface area contributed by atoms with E-state index in [1.165, 1.54) is 0 Å². The molecule has 3 amide bonds. The SMILES string of the molecule is CC(=O)N[C@@H]1[C@@H](O)[C@H](O[C@@H]2O[C@H](CO)[C@@H](O[C@@H]3O[C@H](CO)[C@@H](O[C@@H]4O[C@H](CO)[C@@H](O)[C@H](O)[C@H]4NC(C)=O)[C@H](O)[C@H]3NC(C)=O)[C@H](O)[C@H]2O)[C@@H](CO)O[C@H]1O. The average molecular weight is 790 g/mol. The second-order valence-electron chi connectivity index (χ2n) is 13.3. The molecule has 0 aromatic rings. The molecular formula is C30H51N3O21. The van der Waals surface area contributed by atoms with Gasteiger partial charge in [0, 0.05) is 20.8 Å². The summed E-state index contributed by atoms with van der Waals surface area (Å²) in [5.74, 6) is -2.09. The third-order valence-corrected chi connectivity index (χ3v) is 9.41. The van der Waals surface area contributed by atoms with Gasteiger partial charge in [-0.1, -0.05) is 0 Å². The standard InChI is InChI=1S/C30H51N3O21/c1-8(38)31-15-20(43)24(12(5-35)48-27(15)47)54-30-23(46)22(45)26(14(7-37)51-30)53-29-17(33-10(3)40)21(44)25(13(6-36)50-29)52-28-16(32-9(2)39)19(42)18(41)11(4-34)49-28/h11-30,34-37,41-47H,4-7H2,1-3H3,(H,31,38)(H,32,39)(H,33,40)/t11-,12-,13-,14-,15-,16-,17-,18-,19-,20-,21-,22-,23-,24-,25-,26-,27-,28+,29+,30+/m1/s1. The summed E-state index contributed by atoms with van der Waals surface area (Å²) >= 11 is 0. The summed E-state index contributed by atoms with van der Waals surface area (Å²) in [6.45, 7) is -0.176. The van der Waals surface area contributed by atoms with Crippen molar-refractivity contribution >= 4 is 17.7 Å². The first kappa shape index (κ1) is 44.4. The van der Waals surface area contributed by atoms with E-state index in [2.05, 4.69) is 16.0 Å². The van der Waals surface area contributed by atoms with Crippen LogP contribution in [0.1, 0.15) is 20.8 Å². The van der Waals surface area contributed by atoms with Gasteiger partial charge >= 0.3 is 0 Å². The fraction of sp³-hybridized carbons (Fsp3) is 0.900. The quantitative estimate of drug-likeness (QED) is 0.0823. The van der Waals surface area contributed by atoms with Crippen molar-refractivity contribution in [3.05, 3.63) is 0 Å². The van der Waals surface area contributed by atoms with Crippen molar-refractivity contribution < 1.29 is 104 Å². The van der Waals surface area contributed by atoms with Gasteiger partial charge in [-0.3, -0.25) is 14.4 Å². The molecule has 312 valence electrons. The van der Waals surface area contributed by atoms with Gasteiger partial charge in [0.25, 0.3) is 0 Å². The van der Waals surface area contributed by atoms with Crippen LogP contribution in [0.5, 0.6) is 0 Å². The third-order valence-electron chi connectivity index (χ3n) is 9.41. The largest absolute Gasteiger partial charge is 0.394 e. The number of aliphatic hydroxyl groups is 11. The minimum Gasteiger partial charge on any atom is -0.394 e. The number of rotatable bonds is 13. The summed E-state index contributed by atoms with van der Waals surface area (Å²) in [5.41, 5.74) is 0. The molecule has 4 saturated heterocycles. The van der Waals surface area contributed by atoms with E-state index < -0.39 is 167 Å². The molecular weight excluding hydrogens is 738 g/mol. The van der Waals surface area contributed by atoms with Crippen LogP contribution < -0.4 is 16.0 Å². The van der Waals surface area contributed by atoms with E-state index in [1.807, 2.05) is 0 Å². The summed E-state index contributed by atoms with van der Waals surface area (Å²) in [5, 5.41) is 123. The average Bonchev–Trinajstić information content (AvgIpc) is 3.12. The van der Waals surface area contributed by atoms with Crippen LogP contribution >= 0.6 is 0 Å². The molecule has 4 fully saturated rings. The number of hydrogen-bond donors (Lipinski definition) is 14. The Balaban J connectivity index is 1.54. The highest BCUT2D eigenvalue weighted by Gasteiger charge is 2.55. The fourth-order valence-electron chi connectivity index (χ4n) is 6.76. The van der Waals surface area contributed by atoms with E-state index in [0.717, 1.165) is 20.8 Å². The molecule has 0 bridgehead atoms. The Kier molecular flexibility index (Phi) is 15.8. The molecule has 0 spiro atoms. The zero-order chi connectivity index (χ0) is 40.2. The lowest BCUT2D eigenvalue weighted by atomic mass is 9.94. The van der Waals surface area contributed by atoms with Crippen LogP contribution in [-0.2, 0) is 47.5 Å². The summed E-state index contributed by atoms with van der Waals surface area (Å²) in [6.07, 6.45) is -29.1. The minimum absolute atomic E-state index is 0.660. The monoisotopic (exact) mass is 789 g/mol. The molecule has 0 saturated carbocycles. The van der Waals surface area contributed by atoms with Crippen LogP contribution in [0, 0.1) is 0 Å². The van der Waals surface area contributed by atoms with E-state index >= 15 is 0 Å². The molecule has 4 aliphatic heterocycles. The Morgan fingerprint density at radius 2 is 0.796 bits per heavy atom. The van der Waals surface area contributed by atoms with Crippen molar-refractivity contribution in [1.29, 1.82) is 0 Å². The summed E-state index contributed by atoms with van der Waals surface area (Å²) in [4.78, 5) is 35.8. The first-order valence-electron chi connectivity index (χ1n) is 17.1. The number of carbonyl (C=O) groups is 3. The number of aliphatic hydroxyl groups excluding tert-OH is 11. The second-order valence-corrected chi connectivity index (χ2v) is 13.3. The van der Waals surface area contributed by atoms with E-state index in [0.29, 0.717) is 0 Å². The van der Waals surface area contributed by atoms with E-state index in [4.69, 9.17) is 33.2 Å². The minimum atomic E-state index is -2.04. The highest BCUT2D eigenvalue weighted by atomic mass is 16.8. The van der Waals surface area contributed by atoms with Crippen molar-refractivity contribution in [1.82, 2.24) is 16.0 Å². The van der Waals surface area contributed by atoms with E-state index in [9.17, 15) is 70.6 Å². The Morgan fingerprint density at radius 3 is 1.26 bits per heavy atom. The molecule has 0 aromatic heterocycles. The number of nitrogens with one attached hydrogen (secondary N) is 3.